The van der Waals surface area contributed by atoms with Gasteiger partial charge in [0.1, 0.15) is 0 Å². The normalized spacial score (nSPS) is 10.2. The summed E-state index contributed by atoms with van der Waals surface area (Å²) in [5.74, 6) is 0. The summed E-state index contributed by atoms with van der Waals surface area (Å²) in [6, 6.07) is 2.05. The molecule has 0 fully saturated rings. The van der Waals surface area contributed by atoms with Crippen molar-refractivity contribution in [3.05, 3.63) is 29.8 Å². The van der Waals surface area contributed by atoms with Crippen molar-refractivity contribution >= 4 is 18.1 Å². The van der Waals surface area contributed by atoms with Crippen LogP contribution in [0.1, 0.15) is 24.7 Å². The molecule has 1 N–H and O–H groups in total. The third kappa shape index (κ3) is 3.04. The van der Waals surface area contributed by atoms with Crippen molar-refractivity contribution in [1.29, 1.82) is 0 Å². The third-order valence-electron chi connectivity index (χ3n) is 2.94. The first kappa shape index (κ1) is 14.6. The zero-order chi connectivity index (χ0) is 12.3. The van der Waals surface area contributed by atoms with Crippen molar-refractivity contribution in [2.24, 2.45) is 7.05 Å². The molecule has 0 unspecified atom stereocenters. The van der Waals surface area contributed by atoms with Crippen LogP contribution >= 0.6 is 12.4 Å². The van der Waals surface area contributed by atoms with Crippen LogP contribution in [0.15, 0.2) is 18.5 Å². The maximum absolute atomic E-state index is 4.30. The molecule has 6 heteroatoms. The van der Waals surface area contributed by atoms with Gasteiger partial charge in [-0.1, -0.05) is 6.92 Å². The van der Waals surface area contributed by atoms with Gasteiger partial charge in [-0.25, -0.2) is 0 Å². The van der Waals surface area contributed by atoms with E-state index in [0.29, 0.717) is 0 Å². The molecule has 0 aliphatic heterocycles. The molecule has 2 aromatic rings. The maximum atomic E-state index is 4.30. The summed E-state index contributed by atoms with van der Waals surface area (Å²) in [6.07, 6.45) is 4.80. The second-order valence-electron chi connectivity index (χ2n) is 4.17. The van der Waals surface area contributed by atoms with E-state index in [-0.39, 0.29) is 12.4 Å². The zero-order valence-corrected chi connectivity index (χ0v) is 11.9. The smallest absolute Gasteiger partial charge is 0.0759 e. The molecule has 18 heavy (non-hydrogen) atoms. The van der Waals surface area contributed by atoms with Gasteiger partial charge in [0, 0.05) is 19.8 Å². The molecule has 100 valence electrons. The van der Waals surface area contributed by atoms with Crippen LogP contribution in [-0.2, 0) is 20.1 Å². The van der Waals surface area contributed by atoms with E-state index in [2.05, 4.69) is 29.4 Å². The van der Waals surface area contributed by atoms with E-state index >= 15 is 0 Å². The van der Waals surface area contributed by atoms with Crippen molar-refractivity contribution in [2.75, 3.05) is 5.32 Å². The highest BCUT2D eigenvalue weighted by molar-refractivity contribution is 5.85. The first-order valence-electron chi connectivity index (χ1n) is 5.95. The summed E-state index contributed by atoms with van der Waals surface area (Å²) in [4.78, 5) is 0. The van der Waals surface area contributed by atoms with E-state index in [1.165, 1.54) is 5.69 Å². The number of rotatable bonds is 5. The Labute approximate surface area is 114 Å². The highest BCUT2D eigenvalue weighted by Gasteiger charge is 2.05. The number of hydrogen-bond donors (Lipinski definition) is 1. The van der Waals surface area contributed by atoms with Gasteiger partial charge >= 0.3 is 0 Å². The Morgan fingerprint density at radius 2 is 2.11 bits per heavy atom. The van der Waals surface area contributed by atoms with Gasteiger partial charge in [0.2, 0.25) is 0 Å². The maximum Gasteiger partial charge on any atom is 0.0759 e. The third-order valence-corrected chi connectivity index (χ3v) is 2.94. The van der Waals surface area contributed by atoms with Crippen LogP contribution in [0, 0.1) is 6.92 Å². The Morgan fingerprint density at radius 3 is 2.72 bits per heavy atom. The number of nitrogens with one attached hydrogen (secondary N) is 1. The molecule has 2 aromatic heterocycles. The molecule has 0 atom stereocenters. The average Bonchev–Trinajstić information content (AvgIpc) is 2.87. The molecule has 0 aromatic carbocycles. The van der Waals surface area contributed by atoms with Gasteiger partial charge in [-0.3, -0.25) is 9.36 Å². The molecule has 0 aliphatic rings. The molecule has 0 bridgehead atoms. The predicted molar refractivity (Wildman–Crippen MR) is 75.0 cm³/mol. The fraction of sp³-hybridized carbons (Fsp3) is 0.500. The average molecular weight is 270 g/mol. The molecule has 0 spiro atoms. The highest BCUT2D eigenvalue weighted by atomic mass is 35.5. The van der Waals surface area contributed by atoms with E-state index in [1.807, 2.05) is 34.9 Å². The number of hydrogen-bond acceptors (Lipinski definition) is 3. The predicted octanol–water partition coefficient (Wildman–Crippen LogP) is 2.37. The molecule has 5 nitrogen and oxygen atoms in total. The molecule has 0 amide bonds. The largest absolute Gasteiger partial charge is 0.377 e. The number of nitrogens with zero attached hydrogens (tertiary/aromatic N) is 4. The van der Waals surface area contributed by atoms with Crippen LogP contribution in [0.25, 0.3) is 0 Å². The number of halogens is 1. The Kier molecular flexibility index (Phi) is 5.22. The van der Waals surface area contributed by atoms with Gasteiger partial charge in [-0.15, -0.1) is 12.4 Å². The molecular weight excluding hydrogens is 250 g/mol. The SMILES string of the molecule is CCCn1nccc1CNc1cnn(C)c1C.Cl. The topological polar surface area (TPSA) is 47.7 Å². The van der Waals surface area contributed by atoms with Crippen LogP contribution in [-0.4, -0.2) is 19.6 Å². The molecular formula is C12H20ClN5. The summed E-state index contributed by atoms with van der Waals surface area (Å²) >= 11 is 0. The minimum absolute atomic E-state index is 0. The Morgan fingerprint density at radius 1 is 1.33 bits per heavy atom. The second kappa shape index (κ2) is 6.44. The Hall–Kier alpha value is -1.49. The number of aromatic nitrogens is 4. The lowest BCUT2D eigenvalue weighted by molar-refractivity contribution is 0.578. The van der Waals surface area contributed by atoms with Gasteiger partial charge in [-0.05, 0) is 19.4 Å². The van der Waals surface area contributed by atoms with E-state index < -0.39 is 0 Å². The van der Waals surface area contributed by atoms with Crippen molar-refractivity contribution in [3.8, 4) is 0 Å². The van der Waals surface area contributed by atoms with Gasteiger partial charge in [0.05, 0.1) is 29.8 Å². The van der Waals surface area contributed by atoms with Crippen LogP contribution < -0.4 is 5.32 Å². The lowest BCUT2D eigenvalue weighted by Gasteiger charge is -2.08. The van der Waals surface area contributed by atoms with Crippen molar-refractivity contribution in [2.45, 2.75) is 33.4 Å². The summed E-state index contributed by atoms with van der Waals surface area (Å²) in [5.41, 5.74) is 3.43. The van der Waals surface area contributed by atoms with Gasteiger partial charge in [-0.2, -0.15) is 10.2 Å². The minimum Gasteiger partial charge on any atom is -0.377 e. The standard InChI is InChI=1S/C12H19N5.ClH/c1-4-7-17-11(5-6-14-17)8-13-12-9-15-16(3)10(12)2;/h5-6,9,13H,4,7-8H2,1-3H3;1H. The highest BCUT2D eigenvalue weighted by Crippen LogP contribution is 2.13. The van der Waals surface area contributed by atoms with Crippen molar-refractivity contribution in [3.63, 3.8) is 0 Å². The lowest BCUT2D eigenvalue weighted by atomic mass is 10.3. The molecule has 2 rings (SSSR count). The Bertz CT molecular complexity index is 488. The second-order valence-corrected chi connectivity index (χ2v) is 4.17. The number of aryl methyl sites for hydroxylation is 2. The molecule has 0 radical (unpaired) electrons. The molecule has 0 saturated carbocycles. The van der Waals surface area contributed by atoms with Crippen LogP contribution in [0.5, 0.6) is 0 Å². The monoisotopic (exact) mass is 269 g/mol. The van der Waals surface area contributed by atoms with Crippen LogP contribution in [0.3, 0.4) is 0 Å². The van der Waals surface area contributed by atoms with Crippen molar-refractivity contribution < 1.29 is 0 Å². The number of anilines is 1. The van der Waals surface area contributed by atoms with Crippen LogP contribution in [0.2, 0.25) is 0 Å². The summed E-state index contributed by atoms with van der Waals surface area (Å²) in [7, 11) is 1.95. The van der Waals surface area contributed by atoms with Crippen LogP contribution in [0.4, 0.5) is 5.69 Å². The van der Waals surface area contributed by atoms with E-state index in [4.69, 9.17) is 0 Å². The first-order valence-corrected chi connectivity index (χ1v) is 5.95. The van der Waals surface area contributed by atoms with Gasteiger partial charge in [0.25, 0.3) is 0 Å². The fourth-order valence-electron chi connectivity index (χ4n) is 1.78. The molecule has 0 saturated heterocycles. The van der Waals surface area contributed by atoms with Crippen molar-refractivity contribution in [1.82, 2.24) is 19.6 Å². The van der Waals surface area contributed by atoms with E-state index in [9.17, 15) is 0 Å². The van der Waals surface area contributed by atoms with Gasteiger partial charge < -0.3 is 5.32 Å². The van der Waals surface area contributed by atoms with E-state index in [1.54, 1.807) is 0 Å². The summed E-state index contributed by atoms with van der Waals surface area (Å²) in [6.45, 7) is 5.96. The summed E-state index contributed by atoms with van der Waals surface area (Å²) < 4.78 is 3.91. The molecule has 2 heterocycles. The Balaban J connectivity index is 0.00000162. The van der Waals surface area contributed by atoms with E-state index in [0.717, 1.165) is 30.9 Å². The lowest BCUT2D eigenvalue weighted by Crippen LogP contribution is -2.09. The minimum atomic E-state index is 0. The summed E-state index contributed by atoms with van der Waals surface area (Å²) in [5, 5.41) is 11.9. The zero-order valence-electron chi connectivity index (χ0n) is 11.1. The first-order chi connectivity index (χ1) is 8.22. The molecule has 0 aliphatic carbocycles. The quantitative estimate of drug-likeness (QED) is 0.907. The van der Waals surface area contributed by atoms with Gasteiger partial charge in [0.15, 0.2) is 0 Å². The fourth-order valence-corrected chi connectivity index (χ4v) is 1.78.